The van der Waals surface area contributed by atoms with Crippen LogP contribution in [0.5, 0.6) is 0 Å². The Morgan fingerprint density at radius 1 is 1.06 bits per heavy atom. The lowest BCUT2D eigenvalue weighted by molar-refractivity contribution is -0.153. The Morgan fingerprint density at radius 2 is 1.71 bits per heavy atom. The predicted molar refractivity (Wildman–Crippen MR) is 118 cm³/mol. The van der Waals surface area contributed by atoms with Gasteiger partial charge < -0.3 is 24.8 Å². The Morgan fingerprint density at radius 3 is 2.35 bits per heavy atom. The minimum atomic E-state index is -0.757. The van der Waals surface area contributed by atoms with Crippen LogP contribution < -0.4 is 10.6 Å². The number of fused-ring (bicyclic) bond motifs is 1. The van der Waals surface area contributed by atoms with Crippen LogP contribution in [0.3, 0.4) is 0 Å². The molecule has 2 rings (SSSR count). The van der Waals surface area contributed by atoms with E-state index < -0.39 is 23.6 Å². The first-order valence-electron chi connectivity index (χ1n) is 9.80. The molecule has 166 valence electrons. The van der Waals surface area contributed by atoms with Gasteiger partial charge in [0, 0.05) is 22.5 Å². The molecular weight excluding hydrogens is 400 g/mol. The molecule has 8 heteroatoms. The van der Waals surface area contributed by atoms with Crippen molar-refractivity contribution in [2.75, 3.05) is 25.1 Å². The average molecular weight is 428 g/mol. The second-order valence-corrected chi connectivity index (χ2v) is 7.33. The summed E-state index contributed by atoms with van der Waals surface area (Å²) in [6.45, 7) is 14.5. The monoisotopic (exact) mass is 428 g/mol. The smallest absolute Gasteiger partial charge is 0.333 e. The van der Waals surface area contributed by atoms with Gasteiger partial charge in [0.2, 0.25) is 0 Å². The molecule has 0 spiro atoms. The first-order valence-corrected chi connectivity index (χ1v) is 9.80. The zero-order valence-corrected chi connectivity index (χ0v) is 17.9. The van der Waals surface area contributed by atoms with Crippen LogP contribution in [0.25, 0.3) is 11.8 Å². The van der Waals surface area contributed by atoms with E-state index in [9.17, 15) is 14.4 Å². The van der Waals surface area contributed by atoms with E-state index in [4.69, 9.17) is 14.2 Å². The summed E-state index contributed by atoms with van der Waals surface area (Å²) in [7, 11) is 0. The maximum absolute atomic E-state index is 12.1. The molecule has 8 nitrogen and oxygen atoms in total. The summed E-state index contributed by atoms with van der Waals surface area (Å²) in [4.78, 5) is 35.0. The zero-order chi connectivity index (χ0) is 23.0. The third kappa shape index (κ3) is 6.74. The quantitative estimate of drug-likeness (QED) is 0.254. The molecule has 0 aromatic heterocycles. The maximum atomic E-state index is 12.1. The van der Waals surface area contributed by atoms with Gasteiger partial charge in [0.05, 0.1) is 12.8 Å². The molecule has 31 heavy (non-hydrogen) atoms. The minimum Gasteiger partial charge on any atom is -0.462 e. The molecule has 1 unspecified atom stereocenters. The van der Waals surface area contributed by atoms with Crippen molar-refractivity contribution in [2.24, 2.45) is 0 Å². The van der Waals surface area contributed by atoms with Gasteiger partial charge in [0.25, 0.3) is 0 Å². The minimum absolute atomic E-state index is 0.0223. The van der Waals surface area contributed by atoms with E-state index >= 15 is 0 Å². The van der Waals surface area contributed by atoms with Crippen molar-refractivity contribution in [3.63, 3.8) is 0 Å². The van der Waals surface area contributed by atoms with E-state index in [2.05, 4.69) is 30.4 Å². The van der Waals surface area contributed by atoms with Gasteiger partial charge in [0.1, 0.15) is 25.5 Å². The van der Waals surface area contributed by atoms with Crippen molar-refractivity contribution in [1.82, 2.24) is 5.32 Å². The lowest BCUT2D eigenvalue weighted by atomic mass is 9.97. The molecule has 2 N–H and O–H groups in total. The molecule has 1 aliphatic heterocycles. The number of benzene rings is 1. The molecule has 1 aliphatic rings. The standard InChI is InChI=1S/C23H28N2O6/c1-6-17-8-7-9-18-21(17)16(4)24-23(5,25-18)14-31-20(27)11-10-19(26)29-12-13-30-22(28)15(2)3/h6-9,24-25H,1-2,4,10-14H2,3,5H3. The summed E-state index contributed by atoms with van der Waals surface area (Å²) in [5, 5.41) is 6.54. The number of anilines is 1. The zero-order valence-electron chi connectivity index (χ0n) is 17.9. The van der Waals surface area contributed by atoms with Crippen molar-refractivity contribution >= 4 is 35.4 Å². The summed E-state index contributed by atoms with van der Waals surface area (Å²) in [5.41, 5.74) is 2.91. The SMILES string of the molecule is C=Cc1cccc2c1C(=C)NC(C)(COC(=O)CCC(=O)OCCOC(=O)C(=C)C)N2. The van der Waals surface area contributed by atoms with Crippen molar-refractivity contribution in [2.45, 2.75) is 32.4 Å². The molecule has 0 saturated carbocycles. The van der Waals surface area contributed by atoms with Crippen LogP contribution in [-0.4, -0.2) is 43.4 Å². The van der Waals surface area contributed by atoms with Crippen LogP contribution in [0.2, 0.25) is 0 Å². The van der Waals surface area contributed by atoms with E-state index in [0.717, 1.165) is 16.8 Å². The van der Waals surface area contributed by atoms with Gasteiger partial charge in [-0.25, -0.2) is 4.79 Å². The lowest BCUT2D eigenvalue weighted by Crippen LogP contribution is -2.54. The Balaban J connectivity index is 1.75. The Labute approximate surface area is 181 Å². The third-order valence-electron chi connectivity index (χ3n) is 4.44. The van der Waals surface area contributed by atoms with Crippen LogP contribution in [-0.2, 0) is 28.6 Å². The molecule has 0 bridgehead atoms. The molecule has 1 heterocycles. The number of carbonyl (C=O) groups is 3. The van der Waals surface area contributed by atoms with E-state index in [-0.39, 0.29) is 38.2 Å². The normalized spacial score (nSPS) is 16.8. The Bertz CT molecular complexity index is 907. The fraction of sp³-hybridized carbons (Fsp3) is 0.348. The van der Waals surface area contributed by atoms with Crippen molar-refractivity contribution in [3.05, 3.63) is 54.6 Å². The highest BCUT2D eigenvalue weighted by molar-refractivity contribution is 5.87. The summed E-state index contributed by atoms with van der Waals surface area (Å²) < 4.78 is 15.1. The number of hydrogen-bond donors (Lipinski definition) is 2. The van der Waals surface area contributed by atoms with Crippen LogP contribution >= 0.6 is 0 Å². The number of ether oxygens (including phenoxy) is 3. The van der Waals surface area contributed by atoms with Gasteiger partial charge in [0.15, 0.2) is 0 Å². The first-order chi connectivity index (χ1) is 14.6. The summed E-state index contributed by atoms with van der Waals surface area (Å²) in [6, 6.07) is 5.75. The lowest BCUT2D eigenvalue weighted by Gasteiger charge is -2.39. The molecular formula is C23H28N2O6. The number of esters is 3. The maximum Gasteiger partial charge on any atom is 0.333 e. The number of nitrogens with one attached hydrogen (secondary N) is 2. The second-order valence-electron chi connectivity index (χ2n) is 7.33. The van der Waals surface area contributed by atoms with Gasteiger partial charge in [-0.3, -0.25) is 9.59 Å². The van der Waals surface area contributed by atoms with Crippen LogP contribution in [0.1, 0.15) is 37.8 Å². The van der Waals surface area contributed by atoms with E-state index in [1.807, 2.05) is 25.1 Å². The summed E-state index contributed by atoms with van der Waals surface area (Å²) in [6.07, 6.45) is 1.49. The summed E-state index contributed by atoms with van der Waals surface area (Å²) >= 11 is 0. The predicted octanol–water partition coefficient (Wildman–Crippen LogP) is 3.02. The first kappa shape index (κ1) is 23.7. The average Bonchev–Trinajstić information content (AvgIpc) is 2.72. The molecule has 0 fully saturated rings. The third-order valence-corrected chi connectivity index (χ3v) is 4.44. The molecule has 0 amide bonds. The van der Waals surface area contributed by atoms with Gasteiger partial charge in [-0.05, 0) is 25.5 Å². The fourth-order valence-corrected chi connectivity index (χ4v) is 2.96. The Kier molecular flexibility index (Phi) is 8.01. The van der Waals surface area contributed by atoms with Gasteiger partial charge >= 0.3 is 17.9 Å². The second kappa shape index (κ2) is 10.5. The number of hydrogen-bond acceptors (Lipinski definition) is 8. The van der Waals surface area contributed by atoms with Crippen molar-refractivity contribution in [1.29, 1.82) is 0 Å². The highest BCUT2D eigenvalue weighted by Crippen LogP contribution is 2.33. The van der Waals surface area contributed by atoms with Crippen LogP contribution in [0.15, 0.2) is 43.5 Å². The number of rotatable bonds is 10. The molecule has 0 radical (unpaired) electrons. The van der Waals surface area contributed by atoms with Crippen molar-refractivity contribution < 1.29 is 28.6 Å². The molecule has 1 aromatic rings. The van der Waals surface area contributed by atoms with Crippen molar-refractivity contribution in [3.8, 4) is 0 Å². The molecule has 0 saturated heterocycles. The molecule has 1 aromatic carbocycles. The van der Waals surface area contributed by atoms with Crippen LogP contribution in [0.4, 0.5) is 5.69 Å². The highest BCUT2D eigenvalue weighted by Gasteiger charge is 2.32. The largest absolute Gasteiger partial charge is 0.462 e. The molecule has 0 aliphatic carbocycles. The molecule has 1 atom stereocenters. The van der Waals surface area contributed by atoms with Gasteiger partial charge in [-0.2, -0.15) is 0 Å². The summed E-state index contributed by atoms with van der Waals surface area (Å²) in [5.74, 6) is -1.67. The topological polar surface area (TPSA) is 103 Å². The number of carbonyl (C=O) groups excluding carboxylic acids is 3. The highest BCUT2D eigenvalue weighted by atomic mass is 16.6. The Hall–Kier alpha value is -3.55. The van der Waals surface area contributed by atoms with Crippen LogP contribution in [0, 0.1) is 0 Å². The van der Waals surface area contributed by atoms with E-state index in [1.54, 1.807) is 6.08 Å². The fourth-order valence-electron chi connectivity index (χ4n) is 2.96. The van der Waals surface area contributed by atoms with E-state index in [1.165, 1.54) is 6.92 Å². The van der Waals surface area contributed by atoms with Gasteiger partial charge in [-0.1, -0.05) is 37.9 Å². The van der Waals surface area contributed by atoms with E-state index in [0.29, 0.717) is 5.70 Å². The van der Waals surface area contributed by atoms with Gasteiger partial charge in [-0.15, -0.1) is 0 Å².